The first-order valence-electron chi connectivity index (χ1n) is 9.38. The molecule has 0 radical (unpaired) electrons. The van der Waals surface area contributed by atoms with Crippen molar-refractivity contribution in [2.75, 3.05) is 6.54 Å². The van der Waals surface area contributed by atoms with Crippen LogP contribution in [0.25, 0.3) is 0 Å². The van der Waals surface area contributed by atoms with Gasteiger partial charge in [0.25, 0.3) is 5.97 Å². The molecule has 5 heteroatoms. The molecule has 1 amide bonds. The van der Waals surface area contributed by atoms with E-state index < -0.39 is 8.32 Å². The Balaban J connectivity index is 3.27. The summed E-state index contributed by atoms with van der Waals surface area (Å²) in [5.74, 6) is -0.0587. The number of rotatable bonds is 14. The van der Waals surface area contributed by atoms with E-state index in [-0.39, 0.29) is 11.9 Å². The molecule has 0 unspecified atom stereocenters. The van der Waals surface area contributed by atoms with Crippen LogP contribution < -0.4 is 5.32 Å². The molecule has 24 heavy (non-hydrogen) atoms. The molecule has 0 saturated carbocycles. The van der Waals surface area contributed by atoms with Gasteiger partial charge in [-0.05, 0) is 39.4 Å². The highest BCUT2D eigenvalue weighted by molar-refractivity contribution is 6.71. The zero-order valence-corrected chi connectivity index (χ0v) is 17.2. The maximum atomic E-state index is 11.6. The fourth-order valence-electron chi connectivity index (χ4n) is 2.38. The van der Waals surface area contributed by atoms with Crippen molar-refractivity contribution in [2.45, 2.75) is 90.8 Å². The molecular weight excluding hydrogens is 318 g/mol. The van der Waals surface area contributed by atoms with Crippen LogP contribution in [0.5, 0.6) is 0 Å². The third kappa shape index (κ3) is 15.8. The molecule has 0 spiro atoms. The molecular formula is C19H37NO3Si. The Morgan fingerprint density at radius 1 is 0.875 bits per heavy atom. The van der Waals surface area contributed by atoms with Gasteiger partial charge in [0.1, 0.15) is 0 Å². The topological polar surface area (TPSA) is 55.4 Å². The first kappa shape index (κ1) is 22.9. The molecule has 0 aliphatic rings. The maximum Gasteiger partial charge on any atom is 0.292 e. The predicted octanol–water partition coefficient (Wildman–Crippen LogP) is 4.96. The fourth-order valence-corrected chi connectivity index (χ4v) is 3.16. The average molecular weight is 356 g/mol. The van der Waals surface area contributed by atoms with Gasteiger partial charge in [0.15, 0.2) is 0 Å². The minimum absolute atomic E-state index is 0.0205. The van der Waals surface area contributed by atoms with Gasteiger partial charge in [-0.1, -0.05) is 51.5 Å². The smallest absolute Gasteiger partial charge is 0.292 e. The summed E-state index contributed by atoms with van der Waals surface area (Å²) >= 11 is 0. The van der Waals surface area contributed by atoms with Gasteiger partial charge in [-0.2, -0.15) is 0 Å². The zero-order chi connectivity index (χ0) is 18.4. The van der Waals surface area contributed by atoms with E-state index in [1.165, 1.54) is 38.5 Å². The highest BCUT2D eigenvalue weighted by atomic mass is 28.4. The van der Waals surface area contributed by atoms with E-state index in [0.29, 0.717) is 12.0 Å². The Hall–Kier alpha value is -1.10. The number of amides is 1. The Kier molecular flexibility index (Phi) is 12.6. The van der Waals surface area contributed by atoms with E-state index in [9.17, 15) is 9.59 Å². The van der Waals surface area contributed by atoms with E-state index in [2.05, 4.69) is 11.9 Å². The molecule has 0 aliphatic carbocycles. The number of nitrogens with one attached hydrogen (secondary N) is 1. The molecule has 0 rings (SSSR count). The van der Waals surface area contributed by atoms with Crippen LogP contribution in [-0.2, 0) is 14.0 Å². The van der Waals surface area contributed by atoms with Crippen LogP contribution in [0.15, 0.2) is 12.2 Å². The average Bonchev–Trinajstić information content (AvgIpc) is 2.46. The van der Waals surface area contributed by atoms with Crippen LogP contribution in [0.2, 0.25) is 19.6 Å². The predicted molar refractivity (Wildman–Crippen MR) is 103 cm³/mol. The van der Waals surface area contributed by atoms with E-state index in [1.54, 1.807) is 6.92 Å². The minimum Gasteiger partial charge on any atom is -0.520 e. The summed E-state index contributed by atoms with van der Waals surface area (Å²) in [5, 5.41) is 2.86. The molecule has 0 heterocycles. The minimum atomic E-state index is -1.71. The summed E-state index contributed by atoms with van der Waals surface area (Å²) in [6.07, 6.45) is 11.0. The quantitative estimate of drug-likeness (QED) is 0.272. The van der Waals surface area contributed by atoms with Gasteiger partial charge >= 0.3 is 0 Å². The van der Waals surface area contributed by atoms with Crippen molar-refractivity contribution in [1.29, 1.82) is 0 Å². The molecule has 4 nitrogen and oxygen atoms in total. The number of carbonyl (C=O) groups is 2. The fraction of sp³-hybridized carbons (Fsp3) is 0.789. The zero-order valence-electron chi connectivity index (χ0n) is 16.2. The summed E-state index contributed by atoms with van der Waals surface area (Å²) in [4.78, 5) is 22.9. The van der Waals surface area contributed by atoms with Crippen molar-refractivity contribution >= 4 is 20.2 Å². The number of hydrogen-bond acceptors (Lipinski definition) is 3. The Labute approximate surface area is 149 Å². The van der Waals surface area contributed by atoms with Gasteiger partial charge in [-0.15, -0.1) is 0 Å². The summed E-state index contributed by atoms with van der Waals surface area (Å²) < 4.78 is 5.43. The summed E-state index contributed by atoms with van der Waals surface area (Å²) in [6, 6.07) is 0. The molecule has 0 aromatic rings. The van der Waals surface area contributed by atoms with Gasteiger partial charge in [-0.3, -0.25) is 9.59 Å². The first-order chi connectivity index (χ1) is 11.2. The van der Waals surface area contributed by atoms with E-state index in [1.807, 2.05) is 19.6 Å². The summed E-state index contributed by atoms with van der Waals surface area (Å²) in [5.41, 5.74) is 0.573. The van der Waals surface area contributed by atoms with E-state index >= 15 is 0 Å². The van der Waals surface area contributed by atoms with Crippen LogP contribution in [0.1, 0.15) is 71.1 Å². The van der Waals surface area contributed by atoms with Gasteiger partial charge < -0.3 is 9.74 Å². The lowest BCUT2D eigenvalue weighted by atomic mass is 10.1. The highest BCUT2D eigenvalue weighted by Gasteiger charge is 2.19. The molecule has 0 fully saturated rings. The van der Waals surface area contributed by atoms with Gasteiger partial charge in [0.05, 0.1) is 0 Å². The van der Waals surface area contributed by atoms with E-state index in [0.717, 1.165) is 25.8 Å². The molecule has 0 aromatic carbocycles. The van der Waals surface area contributed by atoms with Gasteiger partial charge in [-0.25, -0.2) is 0 Å². The summed E-state index contributed by atoms with van der Waals surface area (Å²) in [6.45, 7) is 12.2. The molecule has 0 bridgehead atoms. The van der Waals surface area contributed by atoms with E-state index in [4.69, 9.17) is 4.43 Å². The van der Waals surface area contributed by atoms with Gasteiger partial charge in [0, 0.05) is 18.5 Å². The van der Waals surface area contributed by atoms with Crippen molar-refractivity contribution < 1.29 is 14.0 Å². The molecule has 1 N–H and O–H groups in total. The normalized spacial score (nSPS) is 11.2. The third-order valence-electron chi connectivity index (χ3n) is 3.65. The lowest BCUT2D eigenvalue weighted by molar-refractivity contribution is -0.135. The lowest BCUT2D eigenvalue weighted by Crippen LogP contribution is -2.28. The van der Waals surface area contributed by atoms with Crippen molar-refractivity contribution in [3.8, 4) is 0 Å². The first-order valence-corrected chi connectivity index (χ1v) is 12.8. The van der Waals surface area contributed by atoms with Crippen LogP contribution in [0.3, 0.4) is 0 Å². The second-order valence-corrected chi connectivity index (χ2v) is 12.0. The van der Waals surface area contributed by atoms with Crippen molar-refractivity contribution in [2.24, 2.45) is 0 Å². The van der Waals surface area contributed by atoms with Crippen LogP contribution >= 0.6 is 0 Å². The number of hydrogen-bond donors (Lipinski definition) is 1. The van der Waals surface area contributed by atoms with Crippen molar-refractivity contribution in [1.82, 2.24) is 5.32 Å². The second kappa shape index (κ2) is 13.2. The number of carbonyl (C=O) groups excluding carboxylic acids is 2. The van der Waals surface area contributed by atoms with Crippen LogP contribution in [0, 0.1) is 0 Å². The largest absolute Gasteiger partial charge is 0.520 e. The standard InChI is InChI=1S/C19H37NO3Si/c1-17(2)19(22)20-16-14-12-10-8-6-7-9-11-13-15-18(21)23-24(3,4)5/h1,6-16H2,2-5H3,(H,20,22). The molecule has 0 atom stereocenters. The Morgan fingerprint density at radius 2 is 1.33 bits per heavy atom. The molecule has 140 valence electrons. The SMILES string of the molecule is C=C(C)C(=O)NCCCCCCCCCCCC(=O)O[Si](C)(C)C. The summed E-state index contributed by atoms with van der Waals surface area (Å²) in [7, 11) is -1.71. The molecule has 0 aromatic heterocycles. The monoisotopic (exact) mass is 355 g/mol. The lowest BCUT2D eigenvalue weighted by Gasteiger charge is -2.17. The maximum absolute atomic E-state index is 11.6. The second-order valence-electron chi connectivity index (χ2n) is 7.55. The molecule has 0 aliphatic heterocycles. The third-order valence-corrected chi connectivity index (χ3v) is 4.49. The van der Waals surface area contributed by atoms with Crippen LogP contribution in [0.4, 0.5) is 0 Å². The van der Waals surface area contributed by atoms with Crippen molar-refractivity contribution in [3.63, 3.8) is 0 Å². The van der Waals surface area contributed by atoms with Crippen LogP contribution in [-0.4, -0.2) is 26.7 Å². The Morgan fingerprint density at radius 3 is 1.79 bits per heavy atom. The highest BCUT2D eigenvalue weighted by Crippen LogP contribution is 2.12. The Bertz CT molecular complexity index is 389. The van der Waals surface area contributed by atoms with Crippen molar-refractivity contribution in [3.05, 3.63) is 12.2 Å². The molecule has 0 saturated heterocycles. The van der Waals surface area contributed by atoms with Gasteiger partial charge in [0.2, 0.25) is 14.2 Å². The number of unbranched alkanes of at least 4 members (excludes halogenated alkanes) is 8.